The van der Waals surface area contributed by atoms with Gasteiger partial charge in [-0.25, -0.2) is 0 Å². The van der Waals surface area contributed by atoms with Gasteiger partial charge in [0.2, 0.25) is 0 Å². The molecule has 0 aliphatic heterocycles. The molecule has 7 aromatic rings. The predicted molar refractivity (Wildman–Crippen MR) is 236 cm³/mol. The minimum atomic E-state index is -0.0952. The highest BCUT2D eigenvalue weighted by atomic mass is 127. The molecule has 0 saturated carbocycles. The molecule has 0 aliphatic rings. The van der Waals surface area contributed by atoms with Crippen LogP contribution in [0.15, 0.2) is 158 Å². The van der Waals surface area contributed by atoms with Crippen LogP contribution >= 0.6 is 43.3 Å². The van der Waals surface area contributed by atoms with Gasteiger partial charge in [0.15, 0.2) is 0 Å². The minimum absolute atomic E-state index is 0.0952. The van der Waals surface area contributed by atoms with Crippen molar-refractivity contribution in [1.29, 1.82) is 0 Å². The first-order chi connectivity index (χ1) is 24.7. The van der Waals surface area contributed by atoms with Crippen LogP contribution in [0.25, 0.3) is 21.5 Å². The Morgan fingerprint density at radius 1 is 0.500 bits per heavy atom. The summed E-state index contributed by atoms with van der Waals surface area (Å²) in [6.45, 7) is 4.52. The maximum atomic E-state index is 2.59. The van der Waals surface area contributed by atoms with Gasteiger partial charge >= 0.3 is 0 Å². The van der Waals surface area contributed by atoms with Gasteiger partial charge < -0.3 is 9.80 Å². The molecule has 0 aromatic heterocycles. The Kier molecular flexibility index (Phi) is 11.3. The standard InChI is InChI=1S/C46H42I2N2/c1-3-5-33-48-35-27-31-39(32-28-35)50(37-19-10-7-11-20-37)46-42-23-14-12-21-40(42)45(41-22-13-15-24-43(41)46)49(36-17-8-6-9-18-36)38-29-25-34(26-30-38)44(47)16-4-2/h6-15,17-33,44H,3-5,16H2,1-2H3. The second-order valence-electron chi connectivity index (χ2n) is 12.5. The summed E-state index contributed by atoms with van der Waals surface area (Å²) in [6, 6.07) is 58.1. The first kappa shape index (κ1) is 34.4. The fourth-order valence-electron chi connectivity index (χ4n) is 6.70. The van der Waals surface area contributed by atoms with Gasteiger partial charge in [0, 0.05) is 51.8 Å². The smallest absolute Gasteiger partial charge is 0.0619 e. The van der Waals surface area contributed by atoms with Crippen molar-refractivity contribution >= 4 is 103 Å². The minimum Gasteiger partial charge on any atom is -0.309 e. The number of rotatable bonds is 12. The summed E-state index contributed by atoms with van der Waals surface area (Å²) < 4.78 is 4.46. The molecule has 0 amide bonds. The molecule has 50 heavy (non-hydrogen) atoms. The van der Waals surface area contributed by atoms with E-state index in [1.54, 1.807) is 0 Å². The van der Waals surface area contributed by atoms with Crippen LogP contribution in [-0.2, 0) is 0 Å². The molecule has 1 unspecified atom stereocenters. The first-order valence-electron chi connectivity index (χ1n) is 17.6. The molecule has 4 heteroatoms. The summed E-state index contributed by atoms with van der Waals surface area (Å²) in [5.74, 6) is 0. The lowest BCUT2D eigenvalue weighted by atomic mass is 9.95. The zero-order valence-corrected chi connectivity index (χ0v) is 33.0. The Labute approximate surface area is 320 Å². The number of para-hydroxylation sites is 2. The number of benzene rings is 7. The van der Waals surface area contributed by atoms with Gasteiger partial charge in [-0.05, 0) is 79.1 Å². The Morgan fingerprint density at radius 2 is 0.900 bits per heavy atom. The number of halogens is 2. The number of nitrogens with zero attached hydrogens (tertiary/aromatic N) is 2. The van der Waals surface area contributed by atoms with E-state index >= 15 is 0 Å². The SMILES string of the molecule is CCCC=Ic1ccc(N(c2ccccc2)c2c3ccccc3c(N(c3ccccc3)c3ccc(C(I)CCC)cc3)c3ccccc23)cc1. The van der Waals surface area contributed by atoms with Gasteiger partial charge in [0.05, 0.1) is 11.4 Å². The summed E-state index contributed by atoms with van der Waals surface area (Å²) in [4.78, 5) is 4.92. The lowest BCUT2D eigenvalue weighted by molar-refractivity contribution is 0.799. The average Bonchev–Trinajstić information content (AvgIpc) is 3.17. The van der Waals surface area contributed by atoms with E-state index in [0.717, 1.165) is 17.1 Å². The molecular weight excluding hydrogens is 834 g/mol. The molecule has 7 rings (SSSR count). The molecular formula is C46H42I2N2. The fraction of sp³-hybridized carbons (Fsp3) is 0.152. The Bertz CT molecular complexity index is 2140. The van der Waals surface area contributed by atoms with E-state index in [4.69, 9.17) is 0 Å². The molecule has 0 aliphatic carbocycles. The molecule has 250 valence electrons. The third-order valence-electron chi connectivity index (χ3n) is 9.09. The number of anilines is 6. The average molecular weight is 877 g/mol. The molecule has 0 spiro atoms. The monoisotopic (exact) mass is 876 g/mol. The van der Waals surface area contributed by atoms with Crippen LogP contribution < -0.4 is 9.80 Å². The normalized spacial score (nSPS) is 12.2. The number of hydrogen-bond acceptors (Lipinski definition) is 2. The maximum absolute atomic E-state index is 2.59. The van der Waals surface area contributed by atoms with Crippen molar-refractivity contribution in [2.45, 2.75) is 43.5 Å². The number of alkyl halides is 1. The highest BCUT2D eigenvalue weighted by Gasteiger charge is 2.25. The zero-order valence-electron chi connectivity index (χ0n) is 28.6. The van der Waals surface area contributed by atoms with Crippen LogP contribution in [0.1, 0.15) is 49.0 Å². The van der Waals surface area contributed by atoms with Crippen molar-refractivity contribution < 1.29 is 0 Å². The molecule has 0 fully saturated rings. The molecule has 1 atom stereocenters. The molecule has 2 nitrogen and oxygen atoms in total. The van der Waals surface area contributed by atoms with E-state index < -0.39 is 0 Å². The van der Waals surface area contributed by atoms with E-state index in [0.29, 0.717) is 3.92 Å². The predicted octanol–water partition coefficient (Wildman–Crippen LogP) is 15.0. The quantitative estimate of drug-likeness (QED) is 0.0522. The second-order valence-corrected chi connectivity index (χ2v) is 16.8. The summed E-state index contributed by atoms with van der Waals surface area (Å²) >= 11 is 2.50. The molecule has 0 saturated heterocycles. The molecule has 0 heterocycles. The van der Waals surface area contributed by atoms with Gasteiger partial charge in [-0.15, -0.1) is 0 Å². The van der Waals surface area contributed by atoms with Crippen molar-refractivity contribution in [3.05, 3.63) is 167 Å². The molecule has 7 aromatic carbocycles. The summed E-state index contributed by atoms with van der Waals surface area (Å²) in [6.07, 6.45) is 4.76. The van der Waals surface area contributed by atoms with Gasteiger partial charge in [0.1, 0.15) is 0 Å². The molecule has 0 bridgehead atoms. The van der Waals surface area contributed by atoms with Crippen molar-refractivity contribution in [1.82, 2.24) is 0 Å². The highest BCUT2D eigenvalue weighted by Crippen LogP contribution is 2.51. The Balaban J connectivity index is 1.49. The zero-order chi connectivity index (χ0) is 34.3. The number of unbranched alkanes of at least 4 members (excludes halogenated alkanes) is 1. The van der Waals surface area contributed by atoms with Crippen LogP contribution in [0.4, 0.5) is 34.1 Å². The van der Waals surface area contributed by atoms with E-state index in [2.05, 4.69) is 208 Å². The fourth-order valence-corrected chi connectivity index (χ4v) is 9.96. The lowest BCUT2D eigenvalue weighted by Gasteiger charge is -2.33. The highest BCUT2D eigenvalue weighted by molar-refractivity contribution is 14.2. The van der Waals surface area contributed by atoms with Crippen LogP contribution in [0.3, 0.4) is 0 Å². The van der Waals surface area contributed by atoms with Crippen molar-refractivity contribution in [2.24, 2.45) is 0 Å². The van der Waals surface area contributed by atoms with Crippen LogP contribution in [-0.4, -0.2) is 4.01 Å². The van der Waals surface area contributed by atoms with Gasteiger partial charge in [-0.1, -0.05) is 171 Å². The largest absolute Gasteiger partial charge is 0.309 e. The second kappa shape index (κ2) is 16.3. The van der Waals surface area contributed by atoms with Crippen LogP contribution in [0, 0.1) is 3.57 Å². The van der Waals surface area contributed by atoms with Gasteiger partial charge in [0.25, 0.3) is 0 Å². The van der Waals surface area contributed by atoms with Crippen LogP contribution in [0.2, 0.25) is 0 Å². The van der Waals surface area contributed by atoms with E-state index in [1.807, 2.05) is 0 Å². The number of fused-ring (bicyclic) bond motifs is 2. The molecule has 0 radical (unpaired) electrons. The molecule has 0 N–H and O–H groups in total. The first-order valence-corrected chi connectivity index (χ1v) is 21.2. The third-order valence-corrected chi connectivity index (χ3v) is 12.9. The third kappa shape index (κ3) is 7.24. The van der Waals surface area contributed by atoms with Crippen molar-refractivity contribution in [3.8, 4) is 0 Å². The van der Waals surface area contributed by atoms with E-state index in [9.17, 15) is 0 Å². The summed E-state index contributed by atoms with van der Waals surface area (Å²) in [5, 5.41) is 4.85. The Hall–Kier alpha value is -4.01. The Morgan fingerprint density at radius 3 is 1.32 bits per heavy atom. The topological polar surface area (TPSA) is 6.48 Å². The lowest BCUT2D eigenvalue weighted by Crippen LogP contribution is -2.14. The summed E-state index contributed by atoms with van der Waals surface area (Å²) in [7, 11) is 0. The van der Waals surface area contributed by atoms with Gasteiger partial charge in [-0.2, -0.15) is 0 Å². The van der Waals surface area contributed by atoms with Gasteiger partial charge in [-0.3, -0.25) is 0 Å². The summed E-state index contributed by atoms with van der Waals surface area (Å²) in [5.41, 5.74) is 8.37. The van der Waals surface area contributed by atoms with Crippen molar-refractivity contribution in [3.63, 3.8) is 0 Å². The van der Waals surface area contributed by atoms with E-state index in [-0.39, 0.29) is 20.7 Å². The van der Waals surface area contributed by atoms with Crippen LogP contribution in [0.5, 0.6) is 0 Å². The van der Waals surface area contributed by atoms with Crippen molar-refractivity contribution in [2.75, 3.05) is 9.80 Å². The maximum Gasteiger partial charge on any atom is 0.0619 e. The van der Waals surface area contributed by atoms with E-state index in [1.165, 1.54) is 73.4 Å². The number of hydrogen-bond donors (Lipinski definition) is 0.